The van der Waals surface area contributed by atoms with Crippen molar-refractivity contribution in [3.8, 4) is 0 Å². The van der Waals surface area contributed by atoms with Crippen LogP contribution in [-0.4, -0.2) is 106 Å². The Kier molecular flexibility index (Phi) is 7.02. The number of rotatable bonds is 6. The van der Waals surface area contributed by atoms with Gasteiger partial charge < -0.3 is 15.1 Å². The van der Waals surface area contributed by atoms with E-state index in [1.54, 1.807) is 6.20 Å². The van der Waals surface area contributed by atoms with Gasteiger partial charge in [-0.05, 0) is 43.6 Å². The van der Waals surface area contributed by atoms with E-state index >= 15 is 0 Å². The zero-order valence-electron chi connectivity index (χ0n) is 19.5. The number of carbonyl (C=O) groups excluding carboxylic acids is 2. The number of fused-ring (bicyclic) bond motifs is 1. The lowest BCUT2D eigenvalue weighted by Crippen LogP contribution is -2.50. The molecule has 3 saturated heterocycles. The maximum atomic E-state index is 13.0. The lowest BCUT2D eigenvalue weighted by molar-refractivity contribution is -0.132. The molecule has 5 rings (SSSR count). The predicted octanol–water partition coefficient (Wildman–Crippen LogP) is 0.435. The molecule has 3 fully saturated rings. The predicted molar refractivity (Wildman–Crippen MR) is 129 cm³/mol. The van der Waals surface area contributed by atoms with E-state index in [1.165, 1.54) is 11.5 Å². The fraction of sp³-hybridized carbons (Fsp3) is 0.609. The lowest BCUT2D eigenvalue weighted by Gasteiger charge is -2.36. The van der Waals surface area contributed by atoms with Crippen LogP contribution in [0.4, 0.5) is 5.82 Å². The highest BCUT2D eigenvalue weighted by molar-refractivity contribution is 7.03. The molecule has 0 aromatic carbocycles. The summed E-state index contributed by atoms with van der Waals surface area (Å²) >= 11 is 1.34. The van der Waals surface area contributed by atoms with Crippen molar-refractivity contribution in [2.45, 2.75) is 43.9 Å². The van der Waals surface area contributed by atoms with Gasteiger partial charge in [0, 0.05) is 75.9 Å². The highest BCUT2D eigenvalue weighted by Gasteiger charge is 2.45. The monoisotopic (exact) mass is 484 g/mol. The summed E-state index contributed by atoms with van der Waals surface area (Å²) in [5.74, 6) is 1.25. The van der Waals surface area contributed by atoms with E-state index in [1.807, 2.05) is 28.5 Å². The zero-order valence-corrected chi connectivity index (χ0v) is 20.4. The molecule has 10 nitrogen and oxygen atoms in total. The maximum Gasteiger partial charge on any atom is 0.239 e. The second kappa shape index (κ2) is 10.3. The summed E-state index contributed by atoms with van der Waals surface area (Å²) in [6.07, 6.45) is 3.99. The molecular formula is C23H32N8O2S. The third-order valence-electron chi connectivity index (χ3n) is 7.42. The molecule has 2 aromatic heterocycles. The molecule has 3 aliphatic heterocycles. The number of piperazine rings is 1. The minimum atomic E-state index is -0.188. The number of aromatic nitrogens is 3. The number of likely N-dealkylation sites (N-methyl/N-ethyl adjacent to an activating group) is 1. The van der Waals surface area contributed by atoms with Crippen molar-refractivity contribution >= 4 is 29.2 Å². The molecule has 0 radical (unpaired) electrons. The van der Waals surface area contributed by atoms with Crippen molar-refractivity contribution in [1.29, 1.82) is 0 Å². The Hall–Kier alpha value is -2.63. The van der Waals surface area contributed by atoms with Crippen molar-refractivity contribution in [3.05, 3.63) is 35.5 Å². The van der Waals surface area contributed by atoms with Crippen molar-refractivity contribution in [1.82, 2.24) is 34.6 Å². The molecule has 0 spiro atoms. The van der Waals surface area contributed by atoms with Gasteiger partial charge in [0.2, 0.25) is 11.8 Å². The molecule has 3 aliphatic rings. The van der Waals surface area contributed by atoms with Gasteiger partial charge in [-0.25, -0.2) is 4.98 Å². The number of amides is 2. The molecule has 0 aliphatic carbocycles. The number of hydrogen-bond acceptors (Lipinski definition) is 9. The van der Waals surface area contributed by atoms with E-state index in [-0.39, 0.29) is 29.9 Å². The van der Waals surface area contributed by atoms with Crippen molar-refractivity contribution in [2.24, 2.45) is 0 Å². The van der Waals surface area contributed by atoms with Crippen molar-refractivity contribution < 1.29 is 9.59 Å². The first-order valence-corrected chi connectivity index (χ1v) is 12.9. The average molecular weight is 485 g/mol. The molecule has 2 amide bonds. The third kappa shape index (κ3) is 4.91. The van der Waals surface area contributed by atoms with Gasteiger partial charge in [-0.3, -0.25) is 19.4 Å². The molecule has 3 unspecified atom stereocenters. The Morgan fingerprint density at radius 3 is 2.79 bits per heavy atom. The van der Waals surface area contributed by atoms with Crippen LogP contribution in [0.3, 0.4) is 0 Å². The summed E-state index contributed by atoms with van der Waals surface area (Å²) < 4.78 is 3.94. The van der Waals surface area contributed by atoms with Crippen LogP contribution in [0.25, 0.3) is 0 Å². The smallest absolute Gasteiger partial charge is 0.239 e. The van der Waals surface area contributed by atoms with Gasteiger partial charge in [0.1, 0.15) is 11.9 Å². The van der Waals surface area contributed by atoms with Crippen LogP contribution < -0.4 is 10.2 Å². The van der Waals surface area contributed by atoms with Gasteiger partial charge in [0.15, 0.2) is 0 Å². The number of carbonyl (C=O) groups is 2. The number of likely N-dealkylation sites (tertiary alicyclic amines) is 1. The molecule has 182 valence electrons. The van der Waals surface area contributed by atoms with Crippen LogP contribution in [0.2, 0.25) is 0 Å². The largest absolute Gasteiger partial charge is 0.353 e. The second-order valence-electron chi connectivity index (χ2n) is 9.33. The summed E-state index contributed by atoms with van der Waals surface area (Å²) in [6.45, 7) is 5.13. The molecule has 5 heterocycles. The van der Waals surface area contributed by atoms with Crippen molar-refractivity contribution in [3.63, 3.8) is 0 Å². The third-order valence-corrected chi connectivity index (χ3v) is 7.97. The highest BCUT2D eigenvalue weighted by atomic mass is 32.1. The van der Waals surface area contributed by atoms with Gasteiger partial charge in [0.25, 0.3) is 0 Å². The summed E-state index contributed by atoms with van der Waals surface area (Å²) in [6, 6.07) is 6.03. The van der Waals surface area contributed by atoms with E-state index in [4.69, 9.17) is 0 Å². The number of nitrogens with zero attached hydrogens (tertiary/aromatic N) is 7. The van der Waals surface area contributed by atoms with E-state index in [2.05, 4.69) is 41.6 Å². The molecule has 0 bridgehead atoms. The Morgan fingerprint density at radius 2 is 2.06 bits per heavy atom. The first kappa shape index (κ1) is 23.1. The van der Waals surface area contributed by atoms with Gasteiger partial charge in [-0.2, -0.15) is 0 Å². The van der Waals surface area contributed by atoms with Crippen LogP contribution in [-0.2, 0) is 16.1 Å². The SMILES string of the molecule is CN1C(CCC(=O)N2CCN(c3ccccn3)CC2)CNC(=O)C2C1CCN2Cc1csnn1. The van der Waals surface area contributed by atoms with E-state index in [9.17, 15) is 9.59 Å². The van der Waals surface area contributed by atoms with E-state index in [0.29, 0.717) is 19.5 Å². The standard InChI is InChI=1S/C23H32N8O2S/c1-28-18(5-6-21(32)30-12-10-29(11-13-30)20-4-2-3-8-24-20)14-25-23(33)22-19(28)7-9-31(22)15-17-16-34-27-26-17/h2-4,8,16,18-19,22H,5-7,9-15H2,1H3,(H,25,33). The van der Waals surface area contributed by atoms with Crippen molar-refractivity contribution in [2.75, 3.05) is 51.2 Å². The molecule has 1 N–H and O–H groups in total. The molecular weight excluding hydrogens is 452 g/mol. The molecule has 34 heavy (non-hydrogen) atoms. The van der Waals surface area contributed by atoms with E-state index < -0.39 is 0 Å². The quantitative estimate of drug-likeness (QED) is 0.631. The summed E-state index contributed by atoms with van der Waals surface area (Å²) in [4.78, 5) is 39.1. The summed E-state index contributed by atoms with van der Waals surface area (Å²) in [7, 11) is 2.10. The molecule has 11 heteroatoms. The highest BCUT2D eigenvalue weighted by Crippen LogP contribution is 2.28. The number of anilines is 1. The van der Waals surface area contributed by atoms with Crippen LogP contribution in [0.15, 0.2) is 29.8 Å². The average Bonchev–Trinajstić information content (AvgIpc) is 3.52. The van der Waals surface area contributed by atoms with Crippen LogP contribution in [0, 0.1) is 0 Å². The van der Waals surface area contributed by atoms with E-state index in [0.717, 1.165) is 57.1 Å². The van der Waals surface area contributed by atoms with Gasteiger partial charge in [-0.1, -0.05) is 10.6 Å². The number of nitrogens with one attached hydrogen (secondary N) is 1. The Morgan fingerprint density at radius 1 is 1.21 bits per heavy atom. The van der Waals surface area contributed by atoms with Crippen LogP contribution >= 0.6 is 11.5 Å². The summed E-state index contributed by atoms with van der Waals surface area (Å²) in [5, 5.41) is 9.23. The fourth-order valence-corrected chi connectivity index (χ4v) is 5.90. The van der Waals surface area contributed by atoms with Crippen LogP contribution in [0.1, 0.15) is 25.0 Å². The Bertz CT molecular complexity index is 967. The zero-order chi connectivity index (χ0) is 23.5. The van der Waals surface area contributed by atoms with Gasteiger partial charge in [-0.15, -0.1) is 5.10 Å². The first-order valence-electron chi connectivity index (χ1n) is 12.0. The summed E-state index contributed by atoms with van der Waals surface area (Å²) in [5.41, 5.74) is 0.913. The minimum Gasteiger partial charge on any atom is -0.353 e. The topological polar surface area (TPSA) is 97.8 Å². The molecule has 0 saturated carbocycles. The number of hydrogen-bond donors (Lipinski definition) is 1. The fourth-order valence-electron chi connectivity index (χ4n) is 5.46. The van der Waals surface area contributed by atoms with Crippen LogP contribution in [0.5, 0.6) is 0 Å². The molecule has 3 atom stereocenters. The lowest BCUT2D eigenvalue weighted by atomic mass is 10.0. The first-order chi connectivity index (χ1) is 16.6. The van der Waals surface area contributed by atoms with Gasteiger partial charge >= 0.3 is 0 Å². The number of pyridine rings is 1. The normalized spacial score (nSPS) is 26.3. The minimum absolute atomic E-state index is 0.0806. The van der Waals surface area contributed by atoms with Gasteiger partial charge in [0.05, 0.1) is 5.69 Å². The molecule has 2 aromatic rings. The second-order valence-corrected chi connectivity index (χ2v) is 9.94. The maximum absolute atomic E-state index is 13.0. The Labute approximate surface area is 204 Å². The Balaban J connectivity index is 1.13.